The molecule has 0 bridgehead atoms. The van der Waals surface area contributed by atoms with Gasteiger partial charge < -0.3 is 14.5 Å². The van der Waals surface area contributed by atoms with Gasteiger partial charge in [0.25, 0.3) is 0 Å². The topological polar surface area (TPSA) is 53.1 Å². The minimum absolute atomic E-state index is 0.0217. The Morgan fingerprint density at radius 2 is 1.79 bits per heavy atom. The third-order valence-electron chi connectivity index (χ3n) is 6.30. The Labute approximate surface area is 167 Å². The van der Waals surface area contributed by atoms with Crippen LogP contribution in [0.5, 0.6) is 5.75 Å². The number of carbonyl (C=O) groups excluding carboxylic acids is 2. The molecule has 0 aliphatic carbocycles. The lowest BCUT2D eigenvalue weighted by molar-refractivity contribution is -0.135. The number of piperidine rings is 1. The van der Waals surface area contributed by atoms with Crippen LogP contribution in [0.4, 0.5) is 10.5 Å². The van der Waals surface area contributed by atoms with Crippen LogP contribution in [0.2, 0.25) is 0 Å². The number of urea groups is 1. The highest BCUT2D eigenvalue weighted by molar-refractivity contribution is 5.94. The Morgan fingerprint density at radius 3 is 2.46 bits per heavy atom. The summed E-state index contributed by atoms with van der Waals surface area (Å²) in [4.78, 5) is 31.8. The van der Waals surface area contributed by atoms with Gasteiger partial charge >= 0.3 is 6.03 Å². The number of fused-ring (bicyclic) bond motifs is 1. The molecule has 4 rings (SSSR count). The highest BCUT2D eigenvalue weighted by Crippen LogP contribution is 2.36. The summed E-state index contributed by atoms with van der Waals surface area (Å²) < 4.78 is 6.05. The number of carbonyl (C=O) groups is 2. The predicted molar refractivity (Wildman–Crippen MR) is 109 cm³/mol. The Bertz CT molecular complexity index is 737. The number of rotatable bonds is 2. The fourth-order valence-electron chi connectivity index (χ4n) is 4.53. The van der Waals surface area contributed by atoms with Crippen LogP contribution in [0.25, 0.3) is 0 Å². The molecule has 0 saturated carbocycles. The van der Waals surface area contributed by atoms with Crippen molar-refractivity contribution in [3.05, 3.63) is 23.8 Å². The van der Waals surface area contributed by atoms with Crippen LogP contribution in [0.15, 0.2) is 18.2 Å². The average molecular weight is 386 g/mol. The fourth-order valence-corrected chi connectivity index (χ4v) is 4.53. The van der Waals surface area contributed by atoms with Gasteiger partial charge in [0.15, 0.2) is 0 Å². The van der Waals surface area contributed by atoms with Crippen molar-refractivity contribution in [3.63, 3.8) is 0 Å². The van der Waals surface area contributed by atoms with Crippen molar-refractivity contribution in [1.82, 2.24) is 9.80 Å². The van der Waals surface area contributed by atoms with Gasteiger partial charge in [-0.1, -0.05) is 13.0 Å². The molecule has 1 aromatic carbocycles. The van der Waals surface area contributed by atoms with Gasteiger partial charge in [-0.05, 0) is 56.7 Å². The van der Waals surface area contributed by atoms with Crippen molar-refractivity contribution in [3.8, 4) is 5.75 Å². The molecule has 3 heterocycles. The Morgan fingerprint density at radius 1 is 1.07 bits per heavy atom. The minimum Gasteiger partial charge on any atom is -0.486 e. The van der Waals surface area contributed by atoms with Gasteiger partial charge in [0.1, 0.15) is 11.9 Å². The van der Waals surface area contributed by atoms with Crippen molar-refractivity contribution in [1.29, 1.82) is 0 Å². The lowest BCUT2D eigenvalue weighted by atomic mass is 9.95. The normalized spacial score (nSPS) is 22.8. The van der Waals surface area contributed by atoms with Crippen molar-refractivity contribution in [2.24, 2.45) is 5.92 Å². The van der Waals surface area contributed by atoms with E-state index in [9.17, 15) is 9.59 Å². The third-order valence-corrected chi connectivity index (χ3v) is 6.30. The van der Waals surface area contributed by atoms with Gasteiger partial charge in [-0.25, -0.2) is 4.79 Å². The van der Waals surface area contributed by atoms with E-state index in [1.807, 2.05) is 39.8 Å². The first-order valence-corrected chi connectivity index (χ1v) is 10.7. The summed E-state index contributed by atoms with van der Waals surface area (Å²) in [5.41, 5.74) is 1.98. The summed E-state index contributed by atoms with van der Waals surface area (Å²) in [6.45, 7) is 7.81. The number of hydrogen-bond acceptors (Lipinski definition) is 3. The number of likely N-dealkylation sites (tertiary alicyclic amines) is 2. The maximum Gasteiger partial charge on any atom is 0.324 e. The van der Waals surface area contributed by atoms with Crippen LogP contribution in [0.3, 0.4) is 0 Å². The van der Waals surface area contributed by atoms with Crippen LogP contribution in [0.1, 0.15) is 44.6 Å². The smallest absolute Gasteiger partial charge is 0.324 e. The van der Waals surface area contributed by atoms with Crippen LogP contribution in [-0.2, 0) is 4.79 Å². The zero-order valence-corrected chi connectivity index (χ0v) is 17.0. The number of ether oxygens (including phenoxy) is 1. The number of hydrogen-bond donors (Lipinski definition) is 0. The molecule has 3 aliphatic heterocycles. The maximum absolute atomic E-state index is 13.3. The Balaban J connectivity index is 1.43. The average Bonchev–Trinajstić information content (AvgIpc) is 3.27. The molecule has 0 aromatic heterocycles. The number of benzene rings is 1. The summed E-state index contributed by atoms with van der Waals surface area (Å²) in [6.07, 6.45) is 4.67. The molecular weight excluding hydrogens is 354 g/mol. The second-order valence-electron chi connectivity index (χ2n) is 8.31. The Hall–Kier alpha value is -2.24. The van der Waals surface area contributed by atoms with Gasteiger partial charge in [-0.2, -0.15) is 0 Å². The van der Waals surface area contributed by atoms with Crippen molar-refractivity contribution >= 4 is 17.6 Å². The molecule has 3 aliphatic rings. The first kappa shape index (κ1) is 19.1. The molecule has 2 saturated heterocycles. The summed E-state index contributed by atoms with van der Waals surface area (Å²) in [5, 5.41) is 0. The lowest BCUT2D eigenvalue weighted by Crippen LogP contribution is -2.52. The van der Waals surface area contributed by atoms with Crippen LogP contribution >= 0.6 is 0 Å². The molecule has 6 heteroatoms. The van der Waals surface area contributed by atoms with Gasteiger partial charge in [-0.15, -0.1) is 0 Å². The molecule has 0 radical (unpaired) electrons. The van der Waals surface area contributed by atoms with E-state index in [0.29, 0.717) is 25.5 Å². The quantitative estimate of drug-likeness (QED) is 0.784. The largest absolute Gasteiger partial charge is 0.486 e. The van der Waals surface area contributed by atoms with Crippen LogP contribution in [0, 0.1) is 12.8 Å². The van der Waals surface area contributed by atoms with Crippen molar-refractivity contribution < 1.29 is 14.3 Å². The van der Waals surface area contributed by atoms with E-state index in [1.54, 1.807) is 0 Å². The first-order valence-electron chi connectivity index (χ1n) is 10.7. The van der Waals surface area contributed by atoms with E-state index < -0.39 is 0 Å². The molecule has 0 spiro atoms. The van der Waals surface area contributed by atoms with Crippen LogP contribution in [-0.4, -0.2) is 60.6 Å². The third kappa shape index (κ3) is 3.69. The minimum atomic E-state index is 0.0217. The standard InChI is InChI=1S/C22H31N3O3/c1-3-18-15-25(19-14-16(2)6-7-20(19)28-18)22(27)24-12-8-17(9-13-24)21(26)23-10-4-5-11-23/h6-7,14,17-18H,3-5,8-13,15H2,1-2H3. The van der Waals surface area contributed by atoms with E-state index in [4.69, 9.17) is 4.74 Å². The maximum atomic E-state index is 13.3. The van der Waals surface area contributed by atoms with Crippen molar-refractivity contribution in [2.45, 2.75) is 52.1 Å². The molecule has 6 nitrogen and oxygen atoms in total. The van der Waals surface area contributed by atoms with E-state index >= 15 is 0 Å². The van der Waals surface area contributed by atoms with Gasteiger partial charge in [0.2, 0.25) is 5.91 Å². The highest BCUT2D eigenvalue weighted by atomic mass is 16.5. The van der Waals surface area contributed by atoms with Gasteiger partial charge in [0.05, 0.1) is 12.2 Å². The van der Waals surface area contributed by atoms with E-state index in [0.717, 1.165) is 62.2 Å². The molecule has 152 valence electrons. The molecule has 1 atom stereocenters. The highest BCUT2D eigenvalue weighted by Gasteiger charge is 2.35. The lowest BCUT2D eigenvalue weighted by Gasteiger charge is -2.40. The zero-order chi connectivity index (χ0) is 19.7. The number of aryl methyl sites for hydroxylation is 1. The molecule has 1 unspecified atom stereocenters. The SMILES string of the molecule is CCC1CN(C(=O)N2CCC(C(=O)N3CCCC3)CC2)c2cc(C)ccc2O1. The molecule has 3 amide bonds. The summed E-state index contributed by atoms with van der Waals surface area (Å²) >= 11 is 0. The number of amides is 3. The molecule has 1 aromatic rings. The second kappa shape index (κ2) is 8.02. The van der Waals surface area contributed by atoms with E-state index in [1.165, 1.54) is 0 Å². The number of anilines is 1. The summed E-state index contributed by atoms with van der Waals surface area (Å²) in [6, 6.07) is 6.06. The molecule has 28 heavy (non-hydrogen) atoms. The van der Waals surface area contributed by atoms with Gasteiger partial charge in [0, 0.05) is 32.1 Å². The molecule has 2 fully saturated rings. The van der Waals surface area contributed by atoms with E-state index in [2.05, 4.69) is 6.92 Å². The molecule has 0 N–H and O–H groups in total. The van der Waals surface area contributed by atoms with Gasteiger partial charge in [-0.3, -0.25) is 9.69 Å². The molecular formula is C22H31N3O3. The number of nitrogens with zero attached hydrogens (tertiary/aromatic N) is 3. The summed E-state index contributed by atoms with van der Waals surface area (Å²) in [7, 11) is 0. The first-order chi connectivity index (χ1) is 13.6. The zero-order valence-electron chi connectivity index (χ0n) is 17.0. The summed E-state index contributed by atoms with van der Waals surface area (Å²) in [5.74, 6) is 1.16. The van der Waals surface area contributed by atoms with Crippen LogP contribution < -0.4 is 9.64 Å². The monoisotopic (exact) mass is 385 g/mol. The Kier molecular flexibility index (Phi) is 5.47. The predicted octanol–water partition coefficient (Wildman–Crippen LogP) is 3.43. The van der Waals surface area contributed by atoms with E-state index in [-0.39, 0.29) is 18.1 Å². The fraction of sp³-hybridized carbons (Fsp3) is 0.636. The van der Waals surface area contributed by atoms with Crippen molar-refractivity contribution in [2.75, 3.05) is 37.6 Å². The second-order valence-corrected chi connectivity index (χ2v) is 8.31.